The molecular weight excluding hydrogens is 208 g/mol. The normalized spacial score (nSPS) is 35.6. The van der Waals surface area contributed by atoms with E-state index in [0.717, 1.165) is 6.29 Å². The van der Waals surface area contributed by atoms with Crippen molar-refractivity contribution in [2.24, 2.45) is 0 Å². The third-order valence-corrected chi connectivity index (χ3v) is 2.52. The highest BCUT2D eigenvalue weighted by Gasteiger charge is 2.33. The first-order valence-electron chi connectivity index (χ1n) is 3.27. The minimum absolute atomic E-state index is 0.204. The minimum atomic E-state index is -0.670. The van der Waals surface area contributed by atoms with Crippen LogP contribution in [0, 0.1) is 0 Å². The van der Waals surface area contributed by atoms with E-state index in [1.807, 2.05) is 18.2 Å². The van der Waals surface area contributed by atoms with E-state index in [1.165, 1.54) is 0 Å². The van der Waals surface area contributed by atoms with Crippen LogP contribution in [0.5, 0.6) is 0 Å². The van der Waals surface area contributed by atoms with Gasteiger partial charge >= 0.3 is 0 Å². The molecule has 0 bridgehead atoms. The summed E-state index contributed by atoms with van der Waals surface area (Å²) in [6.07, 6.45) is 7.92. The van der Waals surface area contributed by atoms with Crippen molar-refractivity contribution >= 4 is 22.2 Å². The number of ether oxygens (including phenoxy) is 1. The van der Waals surface area contributed by atoms with Gasteiger partial charge in [0.15, 0.2) is 0 Å². The smallest absolute Gasteiger partial charge is 0.143 e. The number of hydrogen-bond acceptors (Lipinski definition) is 2. The topological polar surface area (TPSA) is 26.3 Å². The molecule has 1 rings (SSSR count). The first kappa shape index (κ1) is 8.68. The molecule has 11 heavy (non-hydrogen) atoms. The van der Waals surface area contributed by atoms with Crippen LogP contribution in [0.2, 0.25) is 0 Å². The highest BCUT2D eigenvalue weighted by Crippen LogP contribution is 2.27. The summed E-state index contributed by atoms with van der Waals surface area (Å²) in [5.74, 6) is 0. The van der Waals surface area contributed by atoms with Gasteiger partial charge in [0.2, 0.25) is 0 Å². The van der Waals surface area contributed by atoms with Crippen LogP contribution in [0.1, 0.15) is 0 Å². The van der Waals surface area contributed by atoms with E-state index in [4.69, 9.17) is 4.74 Å². The van der Waals surface area contributed by atoms with Gasteiger partial charge in [0.25, 0.3) is 0 Å². The Kier molecular flexibility index (Phi) is 2.62. The lowest BCUT2D eigenvalue weighted by atomic mass is 9.99. The van der Waals surface area contributed by atoms with Crippen LogP contribution in [0.3, 0.4) is 0 Å². The van der Waals surface area contributed by atoms with E-state index in [9.17, 15) is 4.79 Å². The van der Waals surface area contributed by atoms with Crippen LogP contribution in [0.25, 0.3) is 0 Å². The van der Waals surface area contributed by atoms with Crippen LogP contribution >= 0.6 is 15.9 Å². The van der Waals surface area contributed by atoms with Gasteiger partial charge in [-0.3, -0.25) is 0 Å². The van der Waals surface area contributed by atoms with Crippen LogP contribution in [0.4, 0.5) is 0 Å². The van der Waals surface area contributed by atoms with Crippen molar-refractivity contribution in [2.45, 2.75) is 10.4 Å². The SMILES string of the molecule is COC1C=CC=CC1(Br)C=O. The van der Waals surface area contributed by atoms with Gasteiger partial charge in [-0.1, -0.05) is 40.2 Å². The summed E-state index contributed by atoms with van der Waals surface area (Å²) in [5, 5.41) is 0. The number of methoxy groups -OCH3 is 1. The van der Waals surface area contributed by atoms with Gasteiger partial charge in [-0.25, -0.2) is 0 Å². The highest BCUT2D eigenvalue weighted by molar-refractivity contribution is 9.10. The van der Waals surface area contributed by atoms with Gasteiger partial charge < -0.3 is 9.53 Å². The summed E-state index contributed by atoms with van der Waals surface area (Å²) in [6, 6.07) is 0. The number of halogens is 1. The highest BCUT2D eigenvalue weighted by atomic mass is 79.9. The lowest BCUT2D eigenvalue weighted by molar-refractivity contribution is -0.110. The molecule has 0 spiro atoms. The van der Waals surface area contributed by atoms with Crippen LogP contribution < -0.4 is 0 Å². The fourth-order valence-corrected chi connectivity index (χ4v) is 1.47. The zero-order valence-corrected chi connectivity index (χ0v) is 7.74. The summed E-state index contributed by atoms with van der Waals surface area (Å²) in [5.41, 5.74) is 0. The summed E-state index contributed by atoms with van der Waals surface area (Å²) >= 11 is 3.29. The van der Waals surface area contributed by atoms with Crippen molar-refractivity contribution in [3.8, 4) is 0 Å². The van der Waals surface area contributed by atoms with E-state index < -0.39 is 4.32 Å². The van der Waals surface area contributed by atoms with Crippen molar-refractivity contribution < 1.29 is 9.53 Å². The molecule has 0 saturated carbocycles. The average Bonchev–Trinajstić information content (AvgIpc) is 2.05. The quantitative estimate of drug-likeness (QED) is 0.517. The fraction of sp³-hybridized carbons (Fsp3) is 0.375. The maximum atomic E-state index is 10.6. The molecule has 60 valence electrons. The zero-order valence-electron chi connectivity index (χ0n) is 6.16. The molecule has 1 aliphatic rings. The van der Waals surface area contributed by atoms with E-state index in [2.05, 4.69) is 15.9 Å². The number of carbonyl (C=O) groups excluding carboxylic acids is 1. The Morgan fingerprint density at radius 2 is 2.36 bits per heavy atom. The third-order valence-electron chi connectivity index (χ3n) is 1.62. The third kappa shape index (κ3) is 1.60. The molecule has 2 nitrogen and oxygen atoms in total. The van der Waals surface area contributed by atoms with Gasteiger partial charge in [0.1, 0.15) is 16.7 Å². The molecular formula is C8H9BrO2. The Hall–Kier alpha value is -0.410. The number of allylic oxidation sites excluding steroid dienone is 2. The standard InChI is InChI=1S/C8H9BrO2/c1-11-7-4-2-3-5-8(7,9)6-10/h2-7H,1H3. The van der Waals surface area contributed by atoms with E-state index in [1.54, 1.807) is 13.2 Å². The summed E-state index contributed by atoms with van der Waals surface area (Å²) < 4.78 is 4.41. The van der Waals surface area contributed by atoms with E-state index in [-0.39, 0.29) is 6.10 Å². The molecule has 0 aromatic heterocycles. The van der Waals surface area contributed by atoms with Crippen LogP contribution in [-0.4, -0.2) is 23.8 Å². The maximum Gasteiger partial charge on any atom is 0.143 e. The minimum Gasteiger partial charge on any atom is -0.375 e. The summed E-state index contributed by atoms with van der Waals surface area (Å²) in [4.78, 5) is 10.6. The van der Waals surface area contributed by atoms with Crippen molar-refractivity contribution in [3.05, 3.63) is 24.3 Å². The number of rotatable bonds is 2. The van der Waals surface area contributed by atoms with Crippen LogP contribution in [-0.2, 0) is 9.53 Å². The summed E-state index contributed by atoms with van der Waals surface area (Å²) in [6.45, 7) is 0. The second-order valence-electron chi connectivity index (χ2n) is 2.35. The van der Waals surface area contributed by atoms with Gasteiger partial charge in [0.05, 0.1) is 0 Å². The van der Waals surface area contributed by atoms with Gasteiger partial charge in [-0.15, -0.1) is 0 Å². The van der Waals surface area contributed by atoms with Gasteiger partial charge in [0, 0.05) is 7.11 Å². The molecule has 2 unspecified atom stereocenters. The van der Waals surface area contributed by atoms with Crippen molar-refractivity contribution in [3.63, 3.8) is 0 Å². The molecule has 0 heterocycles. The molecule has 0 radical (unpaired) electrons. The summed E-state index contributed by atoms with van der Waals surface area (Å²) in [7, 11) is 1.58. The predicted molar refractivity (Wildman–Crippen MR) is 46.8 cm³/mol. The predicted octanol–water partition coefficient (Wildman–Crippen LogP) is 1.46. The molecule has 1 aliphatic carbocycles. The van der Waals surface area contributed by atoms with E-state index >= 15 is 0 Å². The molecule has 0 fully saturated rings. The Balaban J connectivity index is 2.86. The maximum absolute atomic E-state index is 10.6. The molecule has 2 atom stereocenters. The van der Waals surface area contributed by atoms with Crippen molar-refractivity contribution in [1.29, 1.82) is 0 Å². The van der Waals surface area contributed by atoms with Gasteiger partial charge in [-0.2, -0.15) is 0 Å². The molecule has 0 aromatic rings. The number of aldehydes is 1. The monoisotopic (exact) mass is 216 g/mol. The molecule has 0 aliphatic heterocycles. The second kappa shape index (κ2) is 3.32. The number of alkyl halides is 1. The lowest BCUT2D eigenvalue weighted by Crippen LogP contribution is -2.37. The second-order valence-corrected chi connectivity index (χ2v) is 3.72. The Bertz CT molecular complexity index is 210. The molecule has 0 aromatic carbocycles. The molecule has 0 N–H and O–H groups in total. The molecule has 3 heteroatoms. The lowest BCUT2D eigenvalue weighted by Gasteiger charge is -2.26. The first-order valence-corrected chi connectivity index (χ1v) is 4.06. The Labute approximate surface area is 74.1 Å². The van der Waals surface area contributed by atoms with Crippen molar-refractivity contribution in [1.82, 2.24) is 0 Å². The Morgan fingerprint density at radius 1 is 1.64 bits per heavy atom. The van der Waals surface area contributed by atoms with Crippen LogP contribution in [0.15, 0.2) is 24.3 Å². The zero-order chi connectivity index (χ0) is 8.32. The first-order chi connectivity index (χ1) is 5.23. The molecule has 0 amide bonds. The molecule has 0 saturated heterocycles. The Morgan fingerprint density at radius 3 is 2.82 bits per heavy atom. The largest absolute Gasteiger partial charge is 0.375 e. The van der Waals surface area contributed by atoms with E-state index in [0.29, 0.717) is 0 Å². The number of carbonyl (C=O) groups is 1. The number of hydrogen-bond donors (Lipinski definition) is 0. The fourth-order valence-electron chi connectivity index (χ4n) is 0.976. The average molecular weight is 217 g/mol. The van der Waals surface area contributed by atoms with Crippen molar-refractivity contribution in [2.75, 3.05) is 7.11 Å². The van der Waals surface area contributed by atoms with Gasteiger partial charge in [-0.05, 0) is 0 Å².